The van der Waals surface area contributed by atoms with Crippen molar-refractivity contribution in [1.82, 2.24) is 9.55 Å². The second-order valence-electron chi connectivity index (χ2n) is 4.66. The molecule has 0 fully saturated rings. The van der Waals surface area contributed by atoms with E-state index < -0.39 is 11.2 Å². The van der Waals surface area contributed by atoms with Gasteiger partial charge in [-0.2, -0.15) is 0 Å². The Bertz CT molecular complexity index is 519. The zero-order chi connectivity index (χ0) is 14.4. The van der Waals surface area contributed by atoms with Gasteiger partial charge in [-0.05, 0) is 12.8 Å². The van der Waals surface area contributed by atoms with Crippen LogP contribution in [0.3, 0.4) is 0 Å². The molecule has 7 nitrogen and oxygen atoms in total. The molecule has 1 aromatic heterocycles. The number of rotatable bonds is 7. The number of aromatic amines is 1. The molecule has 0 aliphatic heterocycles. The van der Waals surface area contributed by atoms with Crippen molar-refractivity contribution in [2.24, 2.45) is 5.92 Å². The van der Waals surface area contributed by atoms with Crippen LogP contribution in [-0.4, -0.2) is 29.3 Å². The third kappa shape index (κ3) is 4.13. The van der Waals surface area contributed by atoms with Crippen LogP contribution in [0.5, 0.6) is 0 Å². The van der Waals surface area contributed by atoms with Crippen LogP contribution in [-0.2, 0) is 11.3 Å². The molecule has 19 heavy (non-hydrogen) atoms. The van der Waals surface area contributed by atoms with E-state index in [1.165, 1.54) is 4.57 Å². The summed E-state index contributed by atoms with van der Waals surface area (Å²) < 4.78 is 6.70. The Balaban J connectivity index is 2.69. The van der Waals surface area contributed by atoms with E-state index >= 15 is 0 Å². The summed E-state index contributed by atoms with van der Waals surface area (Å²) >= 11 is 0. The lowest BCUT2D eigenvalue weighted by molar-refractivity contribution is 0.118. The maximum atomic E-state index is 11.6. The van der Waals surface area contributed by atoms with Crippen LogP contribution in [0.4, 0.5) is 11.5 Å². The minimum absolute atomic E-state index is 0.153. The van der Waals surface area contributed by atoms with Crippen molar-refractivity contribution in [3.05, 3.63) is 20.8 Å². The Kier molecular flexibility index (Phi) is 5.62. The van der Waals surface area contributed by atoms with Gasteiger partial charge in [0.2, 0.25) is 0 Å². The molecule has 108 valence electrons. The molecule has 7 heteroatoms. The van der Waals surface area contributed by atoms with Gasteiger partial charge in [0.1, 0.15) is 11.5 Å². The number of hydrogen-bond donors (Lipinski definition) is 3. The minimum atomic E-state index is -0.504. The molecule has 0 bridgehead atoms. The molecule has 0 radical (unpaired) electrons. The first kappa shape index (κ1) is 15.3. The molecule has 1 rings (SSSR count). The molecular formula is C12H22N4O3. The van der Waals surface area contributed by atoms with E-state index in [9.17, 15) is 9.59 Å². The molecular weight excluding hydrogens is 248 g/mol. The predicted molar refractivity (Wildman–Crippen MR) is 75.6 cm³/mol. The maximum absolute atomic E-state index is 11.6. The molecule has 0 aromatic carbocycles. The summed E-state index contributed by atoms with van der Waals surface area (Å²) in [4.78, 5) is 25.3. The van der Waals surface area contributed by atoms with Gasteiger partial charge in [-0.3, -0.25) is 14.3 Å². The third-order valence-corrected chi connectivity index (χ3v) is 2.56. The maximum Gasteiger partial charge on any atom is 0.330 e. The lowest BCUT2D eigenvalue weighted by atomic mass is 10.2. The van der Waals surface area contributed by atoms with E-state index in [0.29, 0.717) is 32.2 Å². The highest BCUT2D eigenvalue weighted by Crippen LogP contribution is 2.08. The van der Waals surface area contributed by atoms with Gasteiger partial charge in [0, 0.05) is 19.7 Å². The smallest absolute Gasteiger partial charge is 0.330 e. The fraction of sp³-hybridized carbons (Fsp3) is 0.667. The number of nitrogen functional groups attached to an aromatic ring is 1. The normalized spacial score (nSPS) is 10.9. The van der Waals surface area contributed by atoms with Crippen LogP contribution >= 0.6 is 0 Å². The molecule has 0 atom stereocenters. The highest BCUT2D eigenvalue weighted by molar-refractivity contribution is 5.60. The number of anilines is 2. The molecule has 1 aromatic rings. The van der Waals surface area contributed by atoms with E-state index in [-0.39, 0.29) is 11.5 Å². The second-order valence-corrected chi connectivity index (χ2v) is 4.66. The monoisotopic (exact) mass is 270 g/mol. The highest BCUT2D eigenvalue weighted by atomic mass is 16.5. The standard InChI is InChI=1S/C12H22N4O3/c1-4-16-10(13)9(11(17)15-12(16)18)14-5-6-19-7-8(2)3/h8,14H,4-7,13H2,1-3H3,(H,15,17,18). The highest BCUT2D eigenvalue weighted by Gasteiger charge is 2.10. The van der Waals surface area contributed by atoms with Crippen molar-refractivity contribution in [2.75, 3.05) is 30.8 Å². The lowest BCUT2D eigenvalue weighted by Crippen LogP contribution is -2.34. The number of aromatic nitrogens is 2. The lowest BCUT2D eigenvalue weighted by Gasteiger charge is -2.13. The minimum Gasteiger partial charge on any atom is -0.383 e. The first-order valence-corrected chi connectivity index (χ1v) is 6.41. The summed E-state index contributed by atoms with van der Waals surface area (Å²) in [5.74, 6) is 0.621. The van der Waals surface area contributed by atoms with Gasteiger partial charge < -0.3 is 15.8 Å². The van der Waals surface area contributed by atoms with Crippen molar-refractivity contribution in [1.29, 1.82) is 0 Å². The predicted octanol–water partition coefficient (Wildman–Crippen LogP) is 0.223. The van der Waals surface area contributed by atoms with E-state index in [2.05, 4.69) is 24.1 Å². The molecule has 0 amide bonds. The zero-order valence-electron chi connectivity index (χ0n) is 11.7. The summed E-state index contributed by atoms with van der Waals surface area (Å²) in [5.41, 5.74) is 5.02. The quantitative estimate of drug-likeness (QED) is 0.615. The summed E-state index contributed by atoms with van der Waals surface area (Å²) in [6.07, 6.45) is 0. The number of nitrogens with zero attached hydrogens (tertiary/aromatic N) is 1. The fourth-order valence-electron chi connectivity index (χ4n) is 1.64. The zero-order valence-corrected chi connectivity index (χ0v) is 11.7. The van der Waals surface area contributed by atoms with Crippen molar-refractivity contribution < 1.29 is 4.74 Å². The molecule has 0 saturated carbocycles. The van der Waals surface area contributed by atoms with E-state index in [1.807, 2.05) is 0 Å². The van der Waals surface area contributed by atoms with Gasteiger partial charge in [-0.15, -0.1) is 0 Å². The van der Waals surface area contributed by atoms with E-state index in [0.717, 1.165) is 0 Å². The number of ether oxygens (including phenoxy) is 1. The van der Waals surface area contributed by atoms with Crippen LogP contribution in [0, 0.1) is 5.92 Å². The van der Waals surface area contributed by atoms with Crippen LogP contribution in [0.1, 0.15) is 20.8 Å². The van der Waals surface area contributed by atoms with E-state index in [1.54, 1.807) is 6.92 Å². The topological polar surface area (TPSA) is 102 Å². The van der Waals surface area contributed by atoms with Gasteiger partial charge in [0.25, 0.3) is 5.56 Å². The molecule has 0 unspecified atom stereocenters. The van der Waals surface area contributed by atoms with Crippen molar-refractivity contribution in [3.8, 4) is 0 Å². The Morgan fingerprint density at radius 3 is 2.68 bits per heavy atom. The van der Waals surface area contributed by atoms with Gasteiger partial charge >= 0.3 is 5.69 Å². The van der Waals surface area contributed by atoms with Crippen LogP contribution in [0.15, 0.2) is 9.59 Å². The SMILES string of the molecule is CCn1c(N)c(NCCOCC(C)C)c(=O)[nH]c1=O. The fourth-order valence-corrected chi connectivity index (χ4v) is 1.64. The molecule has 0 saturated heterocycles. The first-order chi connectivity index (χ1) is 8.97. The van der Waals surface area contributed by atoms with Crippen LogP contribution in [0.25, 0.3) is 0 Å². The van der Waals surface area contributed by atoms with Crippen molar-refractivity contribution in [2.45, 2.75) is 27.3 Å². The molecule has 0 aliphatic rings. The van der Waals surface area contributed by atoms with Crippen LogP contribution < -0.4 is 22.3 Å². The van der Waals surface area contributed by atoms with E-state index in [4.69, 9.17) is 10.5 Å². The number of nitrogens with one attached hydrogen (secondary N) is 2. The molecule has 4 N–H and O–H groups in total. The molecule has 0 spiro atoms. The third-order valence-electron chi connectivity index (χ3n) is 2.56. The Hall–Kier alpha value is -1.76. The molecule has 0 aliphatic carbocycles. The van der Waals surface area contributed by atoms with Crippen molar-refractivity contribution in [3.63, 3.8) is 0 Å². The van der Waals surface area contributed by atoms with Gasteiger partial charge in [0.05, 0.1) is 6.61 Å². The van der Waals surface area contributed by atoms with Crippen molar-refractivity contribution >= 4 is 11.5 Å². The summed E-state index contributed by atoms with van der Waals surface area (Å²) in [6.45, 7) is 7.91. The van der Waals surface area contributed by atoms with Gasteiger partial charge in [-0.25, -0.2) is 4.79 Å². The summed E-state index contributed by atoms with van der Waals surface area (Å²) in [6, 6.07) is 0. The summed E-state index contributed by atoms with van der Waals surface area (Å²) in [7, 11) is 0. The second kappa shape index (κ2) is 6.98. The Morgan fingerprint density at radius 2 is 2.11 bits per heavy atom. The number of H-pyrrole nitrogens is 1. The molecule has 1 heterocycles. The first-order valence-electron chi connectivity index (χ1n) is 6.41. The number of nitrogens with two attached hydrogens (primary N) is 1. The Labute approximate surface area is 111 Å². The average Bonchev–Trinajstić information content (AvgIpc) is 2.32. The Morgan fingerprint density at radius 1 is 1.42 bits per heavy atom. The summed E-state index contributed by atoms with van der Waals surface area (Å²) in [5, 5.41) is 2.90. The van der Waals surface area contributed by atoms with Gasteiger partial charge in [-0.1, -0.05) is 13.8 Å². The van der Waals surface area contributed by atoms with Crippen LogP contribution in [0.2, 0.25) is 0 Å². The largest absolute Gasteiger partial charge is 0.383 e. The van der Waals surface area contributed by atoms with Gasteiger partial charge in [0.15, 0.2) is 0 Å². The average molecular weight is 270 g/mol. The number of hydrogen-bond acceptors (Lipinski definition) is 5.